The number of unbranched alkanes of at least 4 members (excludes halogenated alkanes) is 7. The molecule has 0 fully saturated rings. The van der Waals surface area contributed by atoms with Gasteiger partial charge in [-0.15, -0.1) is 0 Å². The molecule has 31 heavy (non-hydrogen) atoms. The van der Waals surface area contributed by atoms with Crippen LogP contribution in [0.2, 0.25) is 0 Å². The Morgan fingerprint density at radius 2 is 1.74 bits per heavy atom. The van der Waals surface area contributed by atoms with Gasteiger partial charge in [0.1, 0.15) is 6.29 Å². The average molecular weight is 439 g/mol. The second kappa shape index (κ2) is 17.7. The molecule has 6 nitrogen and oxygen atoms in total. The molecule has 0 aliphatic carbocycles. The van der Waals surface area contributed by atoms with Crippen LogP contribution in [0.25, 0.3) is 0 Å². The van der Waals surface area contributed by atoms with E-state index in [4.69, 9.17) is 4.74 Å². The minimum Gasteiger partial charge on any atom is -0.478 e. The normalized spacial score (nSPS) is 15.2. The summed E-state index contributed by atoms with van der Waals surface area (Å²) >= 11 is 0. The van der Waals surface area contributed by atoms with Gasteiger partial charge in [0, 0.05) is 18.4 Å². The minimum absolute atomic E-state index is 0.0615. The van der Waals surface area contributed by atoms with E-state index in [9.17, 15) is 24.6 Å². The lowest BCUT2D eigenvalue weighted by atomic mass is 9.89. The molecule has 0 bridgehead atoms. The quantitative estimate of drug-likeness (QED) is 0.0870. The van der Waals surface area contributed by atoms with Crippen molar-refractivity contribution in [2.45, 2.75) is 109 Å². The molecule has 0 spiro atoms. The highest BCUT2D eigenvalue weighted by Gasteiger charge is 2.42. The van der Waals surface area contributed by atoms with E-state index in [1.807, 2.05) is 0 Å². The van der Waals surface area contributed by atoms with Gasteiger partial charge in [0.2, 0.25) is 5.60 Å². The fourth-order valence-electron chi connectivity index (χ4n) is 3.63. The Morgan fingerprint density at radius 1 is 1.06 bits per heavy atom. The molecule has 0 amide bonds. The number of allylic oxidation sites excluding steroid dienone is 2. The monoisotopic (exact) mass is 438 g/mol. The van der Waals surface area contributed by atoms with Gasteiger partial charge in [-0.3, -0.25) is 0 Å². The first-order valence-corrected chi connectivity index (χ1v) is 11.7. The van der Waals surface area contributed by atoms with Crippen molar-refractivity contribution in [3.8, 4) is 0 Å². The molecule has 0 aromatic heterocycles. The summed E-state index contributed by atoms with van der Waals surface area (Å²) in [5, 5.41) is 19.3. The van der Waals surface area contributed by atoms with Crippen molar-refractivity contribution in [3.05, 3.63) is 24.8 Å². The summed E-state index contributed by atoms with van der Waals surface area (Å²) in [5.74, 6) is -1.99. The molecular weight excluding hydrogens is 396 g/mol. The number of aldehydes is 1. The third kappa shape index (κ3) is 13.9. The average Bonchev–Trinajstić information content (AvgIpc) is 2.72. The first-order chi connectivity index (χ1) is 14.8. The van der Waals surface area contributed by atoms with Crippen LogP contribution >= 0.6 is 0 Å². The van der Waals surface area contributed by atoms with E-state index in [1.165, 1.54) is 26.2 Å². The number of esters is 1. The summed E-state index contributed by atoms with van der Waals surface area (Å²) in [5.41, 5.74) is -1.73. The van der Waals surface area contributed by atoms with E-state index in [0.717, 1.165) is 57.3 Å². The predicted octanol–water partition coefficient (Wildman–Crippen LogP) is 5.38. The van der Waals surface area contributed by atoms with Gasteiger partial charge in [-0.05, 0) is 45.4 Å². The van der Waals surface area contributed by atoms with Gasteiger partial charge in [0.05, 0.1) is 6.10 Å². The minimum atomic E-state index is -1.73. The van der Waals surface area contributed by atoms with Crippen molar-refractivity contribution < 1.29 is 29.3 Å². The van der Waals surface area contributed by atoms with Crippen molar-refractivity contribution in [3.63, 3.8) is 0 Å². The fourth-order valence-corrected chi connectivity index (χ4v) is 3.63. The maximum absolute atomic E-state index is 11.8. The lowest BCUT2D eigenvalue weighted by Crippen LogP contribution is -2.45. The second-order valence-electron chi connectivity index (χ2n) is 8.38. The molecule has 6 heteroatoms. The van der Waals surface area contributed by atoms with E-state index in [0.29, 0.717) is 6.42 Å². The zero-order valence-electron chi connectivity index (χ0n) is 19.4. The molecule has 0 radical (unpaired) electrons. The van der Waals surface area contributed by atoms with Crippen molar-refractivity contribution in [2.75, 3.05) is 0 Å². The summed E-state index contributed by atoms with van der Waals surface area (Å²) in [6.07, 6.45) is 15.9. The highest BCUT2D eigenvalue weighted by atomic mass is 16.6. The van der Waals surface area contributed by atoms with Crippen LogP contribution in [0, 0.1) is 5.92 Å². The maximum atomic E-state index is 11.8. The Kier molecular flexibility index (Phi) is 16.6. The smallest absolute Gasteiger partial charge is 0.348 e. The molecule has 0 rings (SSSR count). The SMILES string of the molecule is C=CC(=O)OC(CCCCCCCC(C=O)CC=CCCCCC)(CC(C)O)C(=O)O. The van der Waals surface area contributed by atoms with Gasteiger partial charge in [-0.1, -0.05) is 64.2 Å². The van der Waals surface area contributed by atoms with Crippen LogP contribution in [-0.4, -0.2) is 40.1 Å². The standard InChI is InChI=1S/C25H42O6/c1-4-6-7-8-10-13-16-22(20-26)17-14-11-9-12-15-18-25(24(29)30,19-21(3)27)31-23(28)5-2/h5,10,13,20-22,27H,2,4,6-9,11-12,14-19H2,1,3H3,(H,29,30). The molecule has 2 N–H and O–H groups in total. The Bertz CT molecular complexity index is 554. The van der Waals surface area contributed by atoms with Crippen molar-refractivity contribution in [1.29, 1.82) is 0 Å². The van der Waals surface area contributed by atoms with Gasteiger partial charge in [0.25, 0.3) is 0 Å². The lowest BCUT2D eigenvalue weighted by molar-refractivity contribution is -0.180. The molecule has 0 aromatic rings. The molecule has 0 aliphatic rings. The van der Waals surface area contributed by atoms with Gasteiger partial charge >= 0.3 is 11.9 Å². The number of carbonyl (C=O) groups excluding carboxylic acids is 2. The number of hydrogen-bond donors (Lipinski definition) is 2. The van der Waals surface area contributed by atoms with Crippen molar-refractivity contribution >= 4 is 18.2 Å². The Labute approximate surface area is 187 Å². The fraction of sp³-hybridized carbons (Fsp3) is 0.720. The van der Waals surface area contributed by atoms with Crippen LogP contribution in [0.3, 0.4) is 0 Å². The zero-order valence-corrected chi connectivity index (χ0v) is 19.4. The van der Waals surface area contributed by atoms with E-state index < -0.39 is 23.6 Å². The van der Waals surface area contributed by atoms with Crippen LogP contribution in [0.5, 0.6) is 0 Å². The number of ether oxygens (including phenoxy) is 1. The van der Waals surface area contributed by atoms with Crippen molar-refractivity contribution in [2.24, 2.45) is 5.92 Å². The van der Waals surface area contributed by atoms with E-state index in [2.05, 4.69) is 25.7 Å². The molecule has 0 heterocycles. The molecule has 0 aromatic carbocycles. The number of carboxylic acids is 1. The molecule has 3 atom stereocenters. The molecule has 178 valence electrons. The number of carbonyl (C=O) groups is 3. The van der Waals surface area contributed by atoms with E-state index >= 15 is 0 Å². The third-order valence-electron chi connectivity index (χ3n) is 5.41. The Morgan fingerprint density at radius 3 is 2.32 bits per heavy atom. The summed E-state index contributed by atoms with van der Waals surface area (Å²) in [7, 11) is 0. The molecular formula is C25H42O6. The van der Waals surface area contributed by atoms with E-state index in [1.54, 1.807) is 0 Å². The molecule has 3 unspecified atom stereocenters. The number of aliphatic hydroxyl groups is 1. The third-order valence-corrected chi connectivity index (χ3v) is 5.41. The van der Waals surface area contributed by atoms with Gasteiger partial charge in [-0.2, -0.15) is 0 Å². The van der Waals surface area contributed by atoms with Gasteiger partial charge < -0.3 is 19.7 Å². The molecule has 0 aliphatic heterocycles. The van der Waals surface area contributed by atoms with Gasteiger partial charge in [0.15, 0.2) is 0 Å². The van der Waals surface area contributed by atoms with Crippen LogP contribution in [0.1, 0.15) is 97.3 Å². The van der Waals surface area contributed by atoms with E-state index in [-0.39, 0.29) is 18.8 Å². The van der Waals surface area contributed by atoms with Crippen LogP contribution in [-0.2, 0) is 19.1 Å². The second-order valence-corrected chi connectivity index (χ2v) is 8.38. The first-order valence-electron chi connectivity index (χ1n) is 11.7. The molecule has 0 saturated heterocycles. The summed E-state index contributed by atoms with van der Waals surface area (Å²) in [6.45, 7) is 6.97. The summed E-state index contributed by atoms with van der Waals surface area (Å²) in [6, 6.07) is 0. The number of carboxylic acid groups (broad SMARTS) is 1. The topological polar surface area (TPSA) is 101 Å². The highest BCUT2D eigenvalue weighted by molar-refractivity contribution is 5.86. The Hall–Kier alpha value is -1.95. The number of hydrogen-bond acceptors (Lipinski definition) is 5. The number of rotatable bonds is 20. The van der Waals surface area contributed by atoms with Crippen LogP contribution in [0.4, 0.5) is 0 Å². The largest absolute Gasteiger partial charge is 0.478 e. The highest BCUT2D eigenvalue weighted by Crippen LogP contribution is 2.27. The lowest BCUT2D eigenvalue weighted by Gasteiger charge is -2.30. The van der Waals surface area contributed by atoms with Crippen LogP contribution in [0.15, 0.2) is 24.8 Å². The molecule has 0 saturated carbocycles. The zero-order chi connectivity index (χ0) is 23.5. The predicted molar refractivity (Wildman–Crippen MR) is 123 cm³/mol. The van der Waals surface area contributed by atoms with Gasteiger partial charge in [-0.25, -0.2) is 9.59 Å². The van der Waals surface area contributed by atoms with Crippen molar-refractivity contribution in [1.82, 2.24) is 0 Å². The number of aliphatic hydroxyl groups excluding tert-OH is 1. The maximum Gasteiger partial charge on any atom is 0.348 e. The summed E-state index contributed by atoms with van der Waals surface area (Å²) < 4.78 is 5.14. The first kappa shape index (κ1) is 29.1. The number of aliphatic carboxylic acids is 1. The Balaban J connectivity index is 4.27. The summed E-state index contributed by atoms with van der Waals surface area (Å²) in [4.78, 5) is 34.6. The van der Waals surface area contributed by atoms with Crippen LogP contribution < -0.4 is 0 Å².